The van der Waals surface area contributed by atoms with E-state index < -0.39 is 10.9 Å². The highest BCUT2D eigenvalue weighted by Crippen LogP contribution is 2.23. The fourth-order valence-electron chi connectivity index (χ4n) is 1.54. The second-order valence-electron chi connectivity index (χ2n) is 3.63. The van der Waals surface area contributed by atoms with Gasteiger partial charge in [0.15, 0.2) is 0 Å². The van der Waals surface area contributed by atoms with Crippen molar-refractivity contribution in [1.29, 1.82) is 0 Å². The summed E-state index contributed by atoms with van der Waals surface area (Å²) in [5.41, 5.74) is 1.25. The van der Waals surface area contributed by atoms with Crippen molar-refractivity contribution in [1.82, 2.24) is 9.78 Å². The molecule has 0 aliphatic heterocycles. The van der Waals surface area contributed by atoms with Crippen molar-refractivity contribution in [2.75, 3.05) is 0 Å². The van der Waals surface area contributed by atoms with Gasteiger partial charge in [-0.3, -0.25) is 19.6 Å². The van der Waals surface area contributed by atoms with Gasteiger partial charge < -0.3 is 5.11 Å². The highest BCUT2D eigenvalue weighted by atomic mass is 16.6. The fraction of sp³-hybridized carbons (Fsp3) is 0.0909. The number of rotatable bonds is 4. The summed E-state index contributed by atoms with van der Waals surface area (Å²) in [5, 5.41) is 23.1. The zero-order valence-corrected chi connectivity index (χ0v) is 9.18. The van der Waals surface area contributed by atoms with Gasteiger partial charge in [0.2, 0.25) is 0 Å². The SMILES string of the molecule is O=C(O)Cn1cc(-c2cccc([N+](=O)[O-])c2)cn1. The number of aliphatic carboxylic acids is 1. The maximum absolute atomic E-state index is 10.6. The molecule has 1 aromatic carbocycles. The first-order valence-corrected chi connectivity index (χ1v) is 5.05. The average Bonchev–Trinajstić information content (AvgIpc) is 2.77. The van der Waals surface area contributed by atoms with Gasteiger partial charge in [0, 0.05) is 23.9 Å². The molecule has 92 valence electrons. The van der Waals surface area contributed by atoms with E-state index in [-0.39, 0.29) is 12.2 Å². The number of nitro groups is 1. The van der Waals surface area contributed by atoms with Crippen molar-refractivity contribution in [2.24, 2.45) is 0 Å². The average molecular weight is 247 g/mol. The van der Waals surface area contributed by atoms with Crippen LogP contribution in [0.3, 0.4) is 0 Å². The van der Waals surface area contributed by atoms with E-state index in [9.17, 15) is 14.9 Å². The van der Waals surface area contributed by atoms with E-state index in [4.69, 9.17) is 5.11 Å². The molecule has 1 heterocycles. The van der Waals surface area contributed by atoms with E-state index in [1.165, 1.54) is 29.2 Å². The summed E-state index contributed by atoms with van der Waals surface area (Å²) in [6.07, 6.45) is 3.01. The first-order valence-electron chi connectivity index (χ1n) is 5.05. The van der Waals surface area contributed by atoms with Crippen LogP contribution < -0.4 is 0 Å². The highest BCUT2D eigenvalue weighted by molar-refractivity contribution is 5.68. The second-order valence-corrected chi connectivity index (χ2v) is 3.63. The number of non-ortho nitro benzene ring substituents is 1. The predicted octanol–water partition coefficient (Wildman–Crippen LogP) is 1.54. The van der Waals surface area contributed by atoms with Crippen LogP contribution in [0.1, 0.15) is 0 Å². The first kappa shape index (κ1) is 11.8. The van der Waals surface area contributed by atoms with Gasteiger partial charge in [-0.1, -0.05) is 12.1 Å². The van der Waals surface area contributed by atoms with E-state index in [2.05, 4.69) is 5.10 Å². The van der Waals surface area contributed by atoms with Crippen molar-refractivity contribution in [3.63, 3.8) is 0 Å². The van der Waals surface area contributed by atoms with Gasteiger partial charge in [0.25, 0.3) is 5.69 Å². The molecule has 0 saturated carbocycles. The van der Waals surface area contributed by atoms with Gasteiger partial charge in [0.1, 0.15) is 6.54 Å². The lowest BCUT2D eigenvalue weighted by Gasteiger charge is -1.97. The number of nitro benzene ring substituents is 1. The minimum atomic E-state index is -0.997. The number of hydrogen-bond donors (Lipinski definition) is 1. The molecule has 7 nitrogen and oxygen atoms in total. The maximum Gasteiger partial charge on any atom is 0.325 e. The molecule has 0 amide bonds. The summed E-state index contributed by atoms with van der Waals surface area (Å²) in [5.74, 6) is -0.997. The van der Waals surface area contributed by atoms with E-state index in [1.807, 2.05) is 0 Å². The molecule has 0 saturated heterocycles. The lowest BCUT2D eigenvalue weighted by molar-refractivity contribution is -0.384. The smallest absolute Gasteiger partial charge is 0.325 e. The minimum Gasteiger partial charge on any atom is -0.480 e. The van der Waals surface area contributed by atoms with Gasteiger partial charge in [-0.05, 0) is 5.56 Å². The monoisotopic (exact) mass is 247 g/mol. The Labute approximate surface area is 101 Å². The van der Waals surface area contributed by atoms with Crippen LogP contribution in [-0.4, -0.2) is 25.8 Å². The van der Waals surface area contributed by atoms with E-state index in [0.29, 0.717) is 11.1 Å². The molecular weight excluding hydrogens is 238 g/mol. The Morgan fingerprint density at radius 2 is 2.22 bits per heavy atom. The van der Waals surface area contributed by atoms with Crippen LogP contribution in [0, 0.1) is 10.1 Å². The Kier molecular flexibility index (Phi) is 3.05. The van der Waals surface area contributed by atoms with Crippen molar-refractivity contribution in [3.05, 3.63) is 46.8 Å². The Balaban J connectivity index is 2.31. The molecule has 0 aliphatic rings. The fourth-order valence-corrected chi connectivity index (χ4v) is 1.54. The lowest BCUT2D eigenvalue weighted by Crippen LogP contribution is -2.08. The summed E-state index contributed by atoms with van der Waals surface area (Å²) in [7, 11) is 0. The number of benzene rings is 1. The molecule has 1 aromatic heterocycles. The number of carboxylic acid groups (broad SMARTS) is 1. The van der Waals surface area contributed by atoms with Gasteiger partial charge in [-0.25, -0.2) is 0 Å². The van der Waals surface area contributed by atoms with Crippen molar-refractivity contribution < 1.29 is 14.8 Å². The second kappa shape index (κ2) is 4.66. The number of carbonyl (C=O) groups is 1. The predicted molar refractivity (Wildman–Crippen MR) is 62.0 cm³/mol. The third-order valence-electron chi connectivity index (χ3n) is 2.32. The molecule has 0 bridgehead atoms. The van der Waals surface area contributed by atoms with Gasteiger partial charge in [-0.2, -0.15) is 5.10 Å². The van der Waals surface area contributed by atoms with Crippen LogP contribution in [0.2, 0.25) is 0 Å². The Bertz CT molecular complexity index is 606. The van der Waals surface area contributed by atoms with Crippen molar-refractivity contribution in [2.45, 2.75) is 6.54 Å². The molecule has 1 N–H and O–H groups in total. The zero-order valence-electron chi connectivity index (χ0n) is 9.18. The topological polar surface area (TPSA) is 98.3 Å². The normalized spacial score (nSPS) is 10.2. The summed E-state index contributed by atoms with van der Waals surface area (Å²) in [6, 6.07) is 6.09. The van der Waals surface area contributed by atoms with Crippen LogP contribution in [-0.2, 0) is 11.3 Å². The van der Waals surface area contributed by atoms with E-state index in [1.54, 1.807) is 12.1 Å². The summed E-state index contributed by atoms with van der Waals surface area (Å²) < 4.78 is 1.26. The van der Waals surface area contributed by atoms with Crippen LogP contribution in [0.5, 0.6) is 0 Å². The third kappa shape index (κ3) is 2.51. The van der Waals surface area contributed by atoms with Crippen LogP contribution in [0.15, 0.2) is 36.7 Å². The molecule has 0 fully saturated rings. The first-order chi connectivity index (χ1) is 8.56. The van der Waals surface area contributed by atoms with Crippen LogP contribution in [0.4, 0.5) is 5.69 Å². The summed E-state index contributed by atoms with van der Waals surface area (Å²) in [6.45, 7) is -0.241. The molecule has 2 rings (SSSR count). The van der Waals surface area contributed by atoms with Gasteiger partial charge in [0.05, 0.1) is 11.1 Å². The van der Waals surface area contributed by atoms with Crippen molar-refractivity contribution >= 4 is 11.7 Å². The molecule has 0 unspecified atom stereocenters. The van der Waals surface area contributed by atoms with Crippen LogP contribution >= 0.6 is 0 Å². The maximum atomic E-state index is 10.6. The molecule has 0 atom stereocenters. The quantitative estimate of drug-likeness (QED) is 0.652. The van der Waals surface area contributed by atoms with E-state index in [0.717, 1.165) is 0 Å². The summed E-state index contributed by atoms with van der Waals surface area (Å²) >= 11 is 0. The summed E-state index contributed by atoms with van der Waals surface area (Å²) in [4.78, 5) is 20.7. The lowest BCUT2D eigenvalue weighted by atomic mass is 10.1. The number of carboxylic acids is 1. The Morgan fingerprint density at radius 3 is 2.89 bits per heavy atom. The molecular formula is C11H9N3O4. The Hall–Kier alpha value is -2.70. The highest BCUT2D eigenvalue weighted by Gasteiger charge is 2.09. The van der Waals surface area contributed by atoms with Crippen molar-refractivity contribution in [3.8, 4) is 11.1 Å². The molecule has 0 spiro atoms. The number of hydrogen-bond acceptors (Lipinski definition) is 4. The molecule has 2 aromatic rings. The van der Waals surface area contributed by atoms with Crippen LogP contribution in [0.25, 0.3) is 11.1 Å². The van der Waals surface area contributed by atoms with Gasteiger partial charge >= 0.3 is 5.97 Å². The minimum absolute atomic E-state index is 0.0153. The molecule has 0 radical (unpaired) electrons. The number of aromatic nitrogens is 2. The molecule has 7 heteroatoms. The molecule has 18 heavy (non-hydrogen) atoms. The largest absolute Gasteiger partial charge is 0.480 e. The standard InChI is InChI=1S/C11H9N3O4/c15-11(16)7-13-6-9(5-12-13)8-2-1-3-10(4-8)14(17)18/h1-6H,7H2,(H,15,16). The third-order valence-corrected chi connectivity index (χ3v) is 2.32. The van der Waals surface area contributed by atoms with E-state index >= 15 is 0 Å². The zero-order chi connectivity index (χ0) is 13.1. The van der Waals surface area contributed by atoms with Gasteiger partial charge in [-0.15, -0.1) is 0 Å². The Morgan fingerprint density at radius 1 is 1.44 bits per heavy atom. The number of nitrogens with zero attached hydrogens (tertiary/aromatic N) is 3. The molecule has 0 aliphatic carbocycles.